The van der Waals surface area contributed by atoms with Crippen molar-refractivity contribution in [2.45, 2.75) is 4.84 Å². The minimum atomic E-state index is -1.06. The third-order valence-electron chi connectivity index (χ3n) is 2.30. The quantitative estimate of drug-likeness (QED) is 0.610. The first-order valence-corrected chi connectivity index (χ1v) is 6.19. The zero-order valence-electron chi connectivity index (χ0n) is 9.35. The maximum Gasteiger partial charge on any atom is 0.195 e. The number of carbonyl (C=O) groups excluding carboxylic acids is 1. The fraction of sp³-hybridized carbons (Fsp3) is 0.0714. The number of halogens is 2. The maximum atomic E-state index is 11.6. The van der Waals surface area contributed by atoms with Gasteiger partial charge in [0.1, 0.15) is 11.5 Å². The van der Waals surface area contributed by atoms with Crippen LogP contribution in [0.2, 0.25) is 0 Å². The molecule has 0 N–H and O–H groups in total. The molecule has 0 saturated carbocycles. The van der Waals surface area contributed by atoms with Crippen LogP contribution in [0.3, 0.4) is 0 Å². The maximum absolute atomic E-state index is 11.6. The SMILES string of the molecule is O=C(c1cccc(Oc2ccccc2)c1)C(Cl)Cl. The van der Waals surface area contributed by atoms with E-state index in [0.717, 1.165) is 0 Å². The molecule has 0 aliphatic rings. The summed E-state index contributed by atoms with van der Waals surface area (Å²) in [5, 5.41) is 0. The summed E-state index contributed by atoms with van der Waals surface area (Å²) in [6.07, 6.45) is 0. The van der Waals surface area contributed by atoms with Crippen molar-refractivity contribution in [3.05, 3.63) is 60.2 Å². The minimum Gasteiger partial charge on any atom is -0.457 e. The fourth-order valence-corrected chi connectivity index (χ4v) is 1.72. The average molecular weight is 281 g/mol. The van der Waals surface area contributed by atoms with Gasteiger partial charge in [-0.3, -0.25) is 4.79 Å². The van der Waals surface area contributed by atoms with Gasteiger partial charge in [-0.05, 0) is 24.3 Å². The van der Waals surface area contributed by atoms with Gasteiger partial charge in [-0.15, -0.1) is 0 Å². The Morgan fingerprint density at radius 2 is 1.61 bits per heavy atom. The lowest BCUT2D eigenvalue weighted by molar-refractivity contribution is 0.101. The molecule has 0 saturated heterocycles. The Morgan fingerprint density at radius 1 is 0.944 bits per heavy atom. The molecule has 2 aromatic rings. The molecular weight excluding hydrogens is 271 g/mol. The van der Waals surface area contributed by atoms with Crippen LogP contribution in [0.5, 0.6) is 11.5 Å². The van der Waals surface area contributed by atoms with E-state index in [1.165, 1.54) is 0 Å². The summed E-state index contributed by atoms with van der Waals surface area (Å²) in [6, 6.07) is 16.1. The molecule has 0 atom stereocenters. The number of ether oxygens (including phenoxy) is 1. The molecule has 0 bridgehead atoms. The number of benzene rings is 2. The zero-order chi connectivity index (χ0) is 13.0. The van der Waals surface area contributed by atoms with E-state index in [4.69, 9.17) is 27.9 Å². The van der Waals surface area contributed by atoms with E-state index in [1.54, 1.807) is 24.3 Å². The summed E-state index contributed by atoms with van der Waals surface area (Å²) in [4.78, 5) is 10.6. The lowest BCUT2D eigenvalue weighted by atomic mass is 10.1. The first-order chi connectivity index (χ1) is 8.66. The molecule has 0 radical (unpaired) electrons. The highest BCUT2D eigenvalue weighted by atomic mass is 35.5. The number of Topliss-reactive ketones (excluding diaryl/α,β-unsaturated/α-hetero) is 1. The average Bonchev–Trinajstić information content (AvgIpc) is 2.39. The highest BCUT2D eigenvalue weighted by Gasteiger charge is 2.14. The van der Waals surface area contributed by atoms with Gasteiger partial charge < -0.3 is 4.74 Å². The lowest BCUT2D eigenvalue weighted by Gasteiger charge is -2.07. The van der Waals surface area contributed by atoms with Crippen LogP contribution in [0.4, 0.5) is 0 Å². The number of hydrogen-bond acceptors (Lipinski definition) is 2. The molecule has 0 unspecified atom stereocenters. The molecule has 0 amide bonds. The molecule has 0 aliphatic heterocycles. The molecule has 92 valence electrons. The number of rotatable bonds is 4. The Labute approximate surface area is 115 Å². The van der Waals surface area contributed by atoms with E-state index in [1.807, 2.05) is 30.3 Å². The van der Waals surface area contributed by atoms with Crippen molar-refractivity contribution < 1.29 is 9.53 Å². The summed E-state index contributed by atoms with van der Waals surface area (Å²) in [5.74, 6) is 0.938. The molecular formula is C14H10Cl2O2. The predicted octanol–water partition coefficient (Wildman–Crippen LogP) is 4.47. The van der Waals surface area contributed by atoms with Crippen molar-refractivity contribution in [2.75, 3.05) is 0 Å². The minimum absolute atomic E-state index is 0.336. The second-order valence-electron chi connectivity index (χ2n) is 3.61. The second-order valence-corrected chi connectivity index (χ2v) is 4.70. The van der Waals surface area contributed by atoms with E-state index >= 15 is 0 Å². The Bertz CT molecular complexity index is 539. The van der Waals surface area contributed by atoms with Crippen molar-refractivity contribution in [2.24, 2.45) is 0 Å². The largest absolute Gasteiger partial charge is 0.457 e. The van der Waals surface area contributed by atoms with Crippen molar-refractivity contribution in [3.63, 3.8) is 0 Å². The van der Waals surface area contributed by atoms with Crippen LogP contribution in [0.15, 0.2) is 54.6 Å². The topological polar surface area (TPSA) is 26.3 Å². The van der Waals surface area contributed by atoms with Gasteiger partial charge >= 0.3 is 0 Å². The van der Waals surface area contributed by atoms with Crippen LogP contribution in [0, 0.1) is 0 Å². The molecule has 4 heteroatoms. The van der Waals surface area contributed by atoms with Crippen LogP contribution in [0.1, 0.15) is 10.4 Å². The van der Waals surface area contributed by atoms with Gasteiger partial charge in [-0.25, -0.2) is 0 Å². The van der Waals surface area contributed by atoms with Gasteiger partial charge in [0.15, 0.2) is 10.6 Å². The molecule has 18 heavy (non-hydrogen) atoms. The van der Waals surface area contributed by atoms with Gasteiger partial charge in [-0.1, -0.05) is 53.5 Å². The fourth-order valence-electron chi connectivity index (χ4n) is 1.46. The highest BCUT2D eigenvalue weighted by Crippen LogP contribution is 2.23. The number of para-hydroxylation sites is 1. The third kappa shape index (κ3) is 3.25. The normalized spacial score (nSPS) is 10.4. The number of hydrogen-bond donors (Lipinski definition) is 0. The van der Waals surface area contributed by atoms with Crippen molar-refractivity contribution in [1.82, 2.24) is 0 Å². The van der Waals surface area contributed by atoms with Gasteiger partial charge in [0.05, 0.1) is 0 Å². The molecule has 0 heterocycles. The molecule has 2 aromatic carbocycles. The first kappa shape index (κ1) is 12.9. The molecule has 2 nitrogen and oxygen atoms in total. The van der Waals surface area contributed by atoms with E-state index in [0.29, 0.717) is 17.1 Å². The van der Waals surface area contributed by atoms with E-state index in [9.17, 15) is 4.79 Å². The highest BCUT2D eigenvalue weighted by molar-refractivity contribution is 6.55. The molecule has 0 aliphatic carbocycles. The van der Waals surface area contributed by atoms with Crippen LogP contribution in [-0.4, -0.2) is 10.6 Å². The van der Waals surface area contributed by atoms with Crippen molar-refractivity contribution in [1.29, 1.82) is 0 Å². The first-order valence-electron chi connectivity index (χ1n) is 5.32. The number of ketones is 1. The molecule has 0 spiro atoms. The van der Waals surface area contributed by atoms with Gasteiger partial charge in [0.25, 0.3) is 0 Å². The summed E-state index contributed by atoms with van der Waals surface area (Å²) >= 11 is 11.1. The Kier molecular flexibility index (Phi) is 4.24. The van der Waals surface area contributed by atoms with Gasteiger partial charge in [0.2, 0.25) is 0 Å². The smallest absolute Gasteiger partial charge is 0.195 e. The number of carbonyl (C=O) groups is 1. The van der Waals surface area contributed by atoms with Crippen LogP contribution in [-0.2, 0) is 0 Å². The van der Waals surface area contributed by atoms with E-state index in [2.05, 4.69) is 0 Å². The zero-order valence-corrected chi connectivity index (χ0v) is 10.9. The van der Waals surface area contributed by atoms with Crippen LogP contribution in [0.25, 0.3) is 0 Å². The summed E-state index contributed by atoms with van der Waals surface area (Å²) < 4.78 is 5.61. The molecule has 2 rings (SSSR count). The monoisotopic (exact) mass is 280 g/mol. The Balaban J connectivity index is 2.20. The van der Waals surface area contributed by atoms with Crippen molar-refractivity contribution >= 4 is 29.0 Å². The third-order valence-corrected chi connectivity index (χ3v) is 2.69. The van der Waals surface area contributed by atoms with Gasteiger partial charge in [0, 0.05) is 5.56 Å². The summed E-state index contributed by atoms with van der Waals surface area (Å²) in [7, 11) is 0. The summed E-state index contributed by atoms with van der Waals surface area (Å²) in [6.45, 7) is 0. The van der Waals surface area contributed by atoms with Gasteiger partial charge in [-0.2, -0.15) is 0 Å². The van der Waals surface area contributed by atoms with Crippen LogP contribution >= 0.6 is 23.2 Å². The second kappa shape index (κ2) is 5.89. The number of alkyl halides is 2. The lowest BCUT2D eigenvalue weighted by Crippen LogP contribution is -2.07. The Hall–Kier alpha value is -1.51. The molecule has 0 aromatic heterocycles. The van der Waals surface area contributed by atoms with Crippen molar-refractivity contribution in [3.8, 4) is 11.5 Å². The predicted molar refractivity (Wildman–Crippen MR) is 72.8 cm³/mol. The molecule has 0 fully saturated rings. The van der Waals surface area contributed by atoms with E-state index < -0.39 is 4.84 Å². The van der Waals surface area contributed by atoms with Crippen LogP contribution < -0.4 is 4.74 Å². The Morgan fingerprint density at radius 3 is 2.28 bits per heavy atom. The van der Waals surface area contributed by atoms with E-state index in [-0.39, 0.29) is 5.78 Å². The summed E-state index contributed by atoms with van der Waals surface area (Å²) in [5.41, 5.74) is 0.429. The standard InChI is InChI=1S/C14H10Cl2O2/c15-14(16)13(17)10-5-4-8-12(9-10)18-11-6-2-1-3-7-11/h1-9,14H.